The van der Waals surface area contributed by atoms with Crippen LogP contribution in [0.3, 0.4) is 0 Å². The second-order valence-electron chi connectivity index (χ2n) is 6.08. The summed E-state index contributed by atoms with van der Waals surface area (Å²) in [7, 11) is 0. The zero-order valence-corrected chi connectivity index (χ0v) is 13.7. The predicted octanol–water partition coefficient (Wildman–Crippen LogP) is 0.464. The SMILES string of the molecule is Cc1scnc1C(=O)N1CC(CO)C(CN2CCOCC2)C1. The van der Waals surface area contributed by atoms with Crippen molar-refractivity contribution in [3.8, 4) is 0 Å². The number of likely N-dealkylation sites (tertiary alicyclic amines) is 1. The molecule has 1 amide bonds. The van der Waals surface area contributed by atoms with Crippen molar-refractivity contribution >= 4 is 17.2 Å². The lowest BCUT2D eigenvalue weighted by molar-refractivity contribution is 0.0264. The third-order valence-electron chi connectivity index (χ3n) is 4.64. The first-order valence-corrected chi connectivity index (χ1v) is 8.67. The van der Waals surface area contributed by atoms with Gasteiger partial charge in [0.1, 0.15) is 5.69 Å². The average Bonchev–Trinajstić information content (AvgIpc) is 3.14. The van der Waals surface area contributed by atoms with Crippen molar-refractivity contribution in [2.45, 2.75) is 6.92 Å². The molecule has 1 aromatic rings. The molecule has 3 rings (SSSR count). The van der Waals surface area contributed by atoms with Crippen molar-refractivity contribution in [1.82, 2.24) is 14.8 Å². The van der Waals surface area contributed by atoms with Gasteiger partial charge < -0.3 is 14.7 Å². The van der Waals surface area contributed by atoms with Crippen LogP contribution in [0.5, 0.6) is 0 Å². The Morgan fingerprint density at radius 2 is 2.14 bits per heavy atom. The zero-order valence-electron chi connectivity index (χ0n) is 12.9. The first kappa shape index (κ1) is 15.9. The third-order valence-corrected chi connectivity index (χ3v) is 5.40. The minimum absolute atomic E-state index is 0.00155. The Morgan fingerprint density at radius 1 is 1.41 bits per heavy atom. The quantitative estimate of drug-likeness (QED) is 0.871. The molecule has 2 aliphatic rings. The zero-order chi connectivity index (χ0) is 15.5. The summed E-state index contributed by atoms with van der Waals surface area (Å²) in [5.74, 6) is 0.485. The number of carbonyl (C=O) groups is 1. The van der Waals surface area contributed by atoms with Crippen LogP contribution in [0.1, 0.15) is 15.4 Å². The molecule has 0 saturated carbocycles. The molecule has 3 heterocycles. The topological polar surface area (TPSA) is 65.9 Å². The van der Waals surface area contributed by atoms with Gasteiger partial charge in [-0.05, 0) is 12.8 Å². The number of ether oxygens (including phenoxy) is 1. The molecule has 2 atom stereocenters. The minimum Gasteiger partial charge on any atom is -0.396 e. The molecule has 122 valence electrons. The van der Waals surface area contributed by atoms with E-state index in [4.69, 9.17) is 4.74 Å². The van der Waals surface area contributed by atoms with E-state index in [1.807, 2.05) is 11.8 Å². The lowest BCUT2D eigenvalue weighted by atomic mass is 9.96. The van der Waals surface area contributed by atoms with Crippen LogP contribution < -0.4 is 0 Å². The van der Waals surface area contributed by atoms with Gasteiger partial charge in [-0.25, -0.2) is 4.98 Å². The molecular weight excluding hydrogens is 302 g/mol. The van der Waals surface area contributed by atoms with E-state index in [9.17, 15) is 9.90 Å². The van der Waals surface area contributed by atoms with Crippen LogP contribution in [0.15, 0.2) is 5.51 Å². The van der Waals surface area contributed by atoms with Gasteiger partial charge >= 0.3 is 0 Å². The number of aromatic nitrogens is 1. The van der Waals surface area contributed by atoms with E-state index >= 15 is 0 Å². The first-order chi connectivity index (χ1) is 10.7. The van der Waals surface area contributed by atoms with Gasteiger partial charge in [-0.15, -0.1) is 11.3 Å². The largest absolute Gasteiger partial charge is 0.396 e. The van der Waals surface area contributed by atoms with Gasteiger partial charge in [0.25, 0.3) is 5.91 Å². The van der Waals surface area contributed by atoms with Gasteiger partial charge in [0.05, 0.1) is 18.7 Å². The molecule has 2 aliphatic heterocycles. The van der Waals surface area contributed by atoms with E-state index in [2.05, 4.69) is 9.88 Å². The van der Waals surface area contributed by atoms with E-state index in [0.29, 0.717) is 24.7 Å². The molecule has 0 bridgehead atoms. The summed E-state index contributed by atoms with van der Waals surface area (Å²) < 4.78 is 5.38. The van der Waals surface area contributed by atoms with Gasteiger partial charge in [0, 0.05) is 50.1 Å². The Labute approximate surface area is 134 Å². The molecule has 1 aromatic heterocycles. The molecule has 2 saturated heterocycles. The molecule has 0 radical (unpaired) electrons. The fraction of sp³-hybridized carbons (Fsp3) is 0.733. The van der Waals surface area contributed by atoms with Crippen molar-refractivity contribution in [2.75, 3.05) is 52.5 Å². The normalized spacial score (nSPS) is 26.5. The van der Waals surface area contributed by atoms with E-state index in [0.717, 1.165) is 37.7 Å². The molecule has 7 heteroatoms. The van der Waals surface area contributed by atoms with E-state index < -0.39 is 0 Å². The highest BCUT2D eigenvalue weighted by atomic mass is 32.1. The fourth-order valence-corrected chi connectivity index (χ4v) is 3.86. The highest BCUT2D eigenvalue weighted by Gasteiger charge is 2.37. The lowest BCUT2D eigenvalue weighted by Gasteiger charge is -2.30. The highest BCUT2D eigenvalue weighted by molar-refractivity contribution is 7.09. The number of hydrogen-bond donors (Lipinski definition) is 1. The van der Waals surface area contributed by atoms with E-state index in [-0.39, 0.29) is 18.4 Å². The summed E-state index contributed by atoms with van der Waals surface area (Å²) in [5, 5.41) is 9.66. The number of thiazole rings is 1. The molecule has 2 unspecified atom stereocenters. The maximum atomic E-state index is 12.6. The molecule has 0 aliphatic carbocycles. The first-order valence-electron chi connectivity index (χ1n) is 7.79. The van der Waals surface area contributed by atoms with Gasteiger partial charge in [-0.3, -0.25) is 9.69 Å². The summed E-state index contributed by atoms with van der Waals surface area (Å²) in [6.45, 7) is 7.74. The summed E-state index contributed by atoms with van der Waals surface area (Å²) in [4.78, 5) is 22.0. The van der Waals surface area contributed by atoms with E-state index in [1.54, 1.807) is 5.51 Å². The van der Waals surface area contributed by atoms with Crippen LogP contribution in [-0.2, 0) is 4.74 Å². The highest BCUT2D eigenvalue weighted by Crippen LogP contribution is 2.26. The Morgan fingerprint density at radius 3 is 2.77 bits per heavy atom. The Kier molecular flexibility index (Phi) is 5.07. The van der Waals surface area contributed by atoms with Crippen LogP contribution >= 0.6 is 11.3 Å². The molecule has 0 spiro atoms. The maximum absolute atomic E-state index is 12.6. The van der Waals surface area contributed by atoms with E-state index in [1.165, 1.54) is 11.3 Å². The Balaban J connectivity index is 1.63. The smallest absolute Gasteiger partial charge is 0.273 e. The monoisotopic (exact) mass is 325 g/mol. The minimum atomic E-state index is 0.00155. The summed E-state index contributed by atoms with van der Waals surface area (Å²) >= 11 is 1.50. The van der Waals surface area contributed by atoms with Crippen LogP contribution in [0, 0.1) is 18.8 Å². The summed E-state index contributed by atoms with van der Waals surface area (Å²) in [6.07, 6.45) is 0. The Bertz CT molecular complexity index is 516. The Hall–Kier alpha value is -1.02. The van der Waals surface area contributed by atoms with Crippen LogP contribution in [0.4, 0.5) is 0 Å². The van der Waals surface area contributed by atoms with Crippen molar-refractivity contribution in [2.24, 2.45) is 11.8 Å². The second-order valence-corrected chi connectivity index (χ2v) is 7.14. The fourth-order valence-electron chi connectivity index (χ4n) is 3.29. The van der Waals surface area contributed by atoms with Crippen molar-refractivity contribution in [3.63, 3.8) is 0 Å². The third kappa shape index (κ3) is 3.32. The van der Waals surface area contributed by atoms with Gasteiger partial charge in [-0.2, -0.15) is 0 Å². The van der Waals surface area contributed by atoms with Gasteiger partial charge in [0.15, 0.2) is 0 Å². The number of hydrogen-bond acceptors (Lipinski definition) is 6. The van der Waals surface area contributed by atoms with Crippen molar-refractivity contribution in [1.29, 1.82) is 0 Å². The number of aliphatic hydroxyl groups is 1. The van der Waals surface area contributed by atoms with Crippen molar-refractivity contribution < 1.29 is 14.6 Å². The number of carbonyl (C=O) groups excluding carboxylic acids is 1. The average molecular weight is 325 g/mol. The molecule has 6 nitrogen and oxygen atoms in total. The van der Waals surface area contributed by atoms with Gasteiger partial charge in [0.2, 0.25) is 0 Å². The number of aliphatic hydroxyl groups excluding tert-OH is 1. The predicted molar refractivity (Wildman–Crippen MR) is 84.1 cm³/mol. The molecule has 22 heavy (non-hydrogen) atoms. The number of aryl methyl sites for hydroxylation is 1. The second kappa shape index (κ2) is 7.04. The molecule has 1 N–H and O–H groups in total. The number of rotatable bonds is 4. The van der Waals surface area contributed by atoms with Crippen molar-refractivity contribution in [3.05, 3.63) is 16.1 Å². The van der Waals surface area contributed by atoms with Gasteiger partial charge in [-0.1, -0.05) is 0 Å². The van der Waals surface area contributed by atoms with Crippen LogP contribution in [-0.4, -0.2) is 78.3 Å². The summed E-state index contributed by atoms with van der Waals surface area (Å²) in [5.41, 5.74) is 2.28. The molecular formula is C15H23N3O3S. The summed E-state index contributed by atoms with van der Waals surface area (Å²) in [6, 6.07) is 0. The molecule has 2 fully saturated rings. The maximum Gasteiger partial charge on any atom is 0.273 e. The number of nitrogens with zero attached hydrogens (tertiary/aromatic N) is 3. The molecule has 0 aromatic carbocycles. The number of morpholine rings is 1. The standard InChI is InChI=1S/C15H23N3O3S/c1-11-14(16-10-22-11)15(20)18-7-12(13(8-18)9-19)6-17-2-4-21-5-3-17/h10,12-13,19H,2-9H2,1H3. The van der Waals surface area contributed by atoms with Crippen LogP contribution in [0.25, 0.3) is 0 Å². The number of amides is 1. The lowest BCUT2D eigenvalue weighted by Crippen LogP contribution is -2.41. The van der Waals surface area contributed by atoms with Crippen LogP contribution in [0.2, 0.25) is 0 Å².